The molecule has 0 spiro atoms. The number of piperazine rings is 1. The summed E-state index contributed by atoms with van der Waals surface area (Å²) in [4.78, 5) is 35.8. The molecule has 1 atom stereocenters. The first-order valence-corrected chi connectivity index (χ1v) is 15.7. The van der Waals surface area contributed by atoms with Crippen LogP contribution < -0.4 is 26.6 Å². The average molecular weight is 645 g/mol. The van der Waals surface area contributed by atoms with Crippen molar-refractivity contribution in [3.63, 3.8) is 0 Å². The number of nitrogens with one attached hydrogen (secondary N) is 2. The Labute approximate surface area is 274 Å². The third kappa shape index (κ3) is 7.52. The molecule has 46 heavy (non-hydrogen) atoms. The summed E-state index contributed by atoms with van der Waals surface area (Å²) in [6.07, 6.45) is 5.39. The molecule has 0 bridgehead atoms. The summed E-state index contributed by atoms with van der Waals surface area (Å²) in [5.74, 6) is 0.990. The van der Waals surface area contributed by atoms with Gasteiger partial charge in [-0.05, 0) is 96.4 Å². The molecule has 3 heterocycles. The van der Waals surface area contributed by atoms with E-state index in [-0.39, 0.29) is 30.7 Å². The molecular formula is C33H41ClN10O2. The highest BCUT2D eigenvalue weighted by molar-refractivity contribution is 6.01. The Balaban J connectivity index is 0.00000417. The number of amides is 2. The van der Waals surface area contributed by atoms with Gasteiger partial charge in [-0.1, -0.05) is 24.3 Å². The second kappa shape index (κ2) is 15.3. The van der Waals surface area contributed by atoms with Crippen LogP contribution in [0.2, 0.25) is 0 Å². The fraction of sp³-hybridized carbons (Fsp3) is 0.394. The van der Waals surface area contributed by atoms with Crippen LogP contribution in [0.3, 0.4) is 0 Å². The lowest BCUT2D eigenvalue weighted by Crippen LogP contribution is -2.52. The molecule has 2 amide bonds. The highest BCUT2D eigenvalue weighted by Crippen LogP contribution is 2.33. The van der Waals surface area contributed by atoms with Crippen molar-refractivity contribution in [2.24, 2.45) is 23.3 Å². The quantitative estimate of drug-likeness (QED) is 0.202. The van der Waals surface area contributed by atoms with Gasteiger partial charge >= 0.3 is 0 Å². The number of pyridine rings is 1. The molecule has 1 saturated carbocycles. The van der Waals surface area contributed by atoms with E-state index in [1.807, 2.05) is 60.8 Å². The number of halogens is 1. The zero-order valence-corrected chi connectivity index (χ0v) is 26.5. The predicted molar refractivity (Wildman–Crippen MR) is 180 cm³/mol. The zero-order valence-electron chi connectivity index (χ0n) is 25.7. The molecule has 0 unspecified atom stereocenters. The van der Waals surface area contributed by atoms with E-state index in [2.05, 4.69) is 41.9 Å². The monoisotopic (exact) mass is 644 g/mol. The maximum Gasteiger partial charge on any atom is 0.240 e. The Kier molecular flexibility index (Phi) is 10.9. The summed E-state index contributed by atoms with van der Waals surface area (Å²) in [6.45, 7) is 4.36. The summed E-state index contributed by atoms with van der Waals surface area (Å²) in [7, 11) is 0. The minimum atomic E-state index is -0.869. The van der Waals surface area contributed by atoms with Crippen LogP contribution in [-0.2, 0) is 16.0 Å². The molecule has 2 aliphatic rings. The van der Waals surface area contributed by atoms with E-state index in [0.717, 1.165) is 79.9 Å². The first kappa shape index (κ1) is 33.0. The van der Waals surface area contributed by atoms with E-state index in [0.29, 0.717) is 24.0 Å². The van der Waals surface area contributed by atoms with Crippen LogP contribution in [0, 0.1) is 11.8 Å². The number of nitrogens with two attached hydrogens (primary N) is 2. The lowest BCUT2D eigenvalue weighted by Gasteiger charge is -2.35. The standard InChI is InChI=1S/C33H40N10O2.ClH/c34-21-23-3-7-26(8-4-23)33(45)43(28-11-9-25(10-12-28)32-38-40-41-39-32)29(31(35)44)19-22-1-5-24(6-2-22)27-13-14-37-30(20-27)42-17-15-36-16-18-42;/h1-2,5-6,9-14,20,23,26,29,36H,3-4,7-8,15-19,21,34H2,(H2,35,44)(H,38,39,40,41);1H/t23-,26-,29-;/m0./s1. The number of benzene rings is 2. The molecule has 6 N–H and O–H groups in total. The molecule has 0 radical (unpaired) electrons. The highest BCUT2D eigenvalue weighted by Gasteiger charge is 2.36. The molecule has 2 aromatic heterocycles. The van der Waals surface area contributed by atoms with Crippen LogP contribution in [0.4, 0.5) is 11.5 Å². The number of nitrogens with zero attached hydrogens (tertiary/aromatic N) is 6. The van der Waals surface area contributed by atoms with Crippen LogP contribution >= 0.6 is 12.4 Å². The Morgan fingerprint density at radius 3 is 2.26 bits per heavy atom. The van der Waals surface area contributed by atoms with Gasteiger partial charge in [0.1, 0.15) is 11.9 Å². The van der Waals surface area contributed by atoms with Crippen molar-refractivity contribution >= 4 is 35.7 Å². The molecule has 12 nitrogen and oxygen atoms in total. The number of carbonyl (C=O) groups is 2. The molecule has 2 fully saturated rings. The van der Waals surface area contributed by atoms with Crippen molar-refractivity contribution in [2.75, 3.05) is 42.5 Å². The van der Waals surface area contributed by atoms with Crippen molar-refractivity contribution in [1.29, 1.82) is 0 Å². The fourth-order valence-electron chi connectivity index (χ4n) is 6.40. The first-order valence-electron chi connectivity index (χ1n) is 15.7. The van der Waals surface area contributed by atoms with Gasteiger partial charge in [0.05, 0.1) is 0 Å². The molecule has 242 valence electrons. The van der Waals surface area contributed by atoms with Gasteiger partial charge in [-0.3, -0.25) is 14.5 Å². The van der Waals surface area contributed by atoms with Gasteiger partial charge in [0, 0.05) is 56.0 Å². The summed E-state index contributed by atoms with van der Waals surface area (Å²) in [5.41, 5.74) is 16.3. The molecule has 13 heteroatoms. The minimum Gasteiger partial charge on any atom is -0.368 e. The maximum atomic E-state index is 14.2. The van der Waals surface area contributed by atoms with Gasteiger partial charge in [-0.2, -0.15) is 5.21 Å². The number of H-pyrrole nitrogens is 1. The molecule has 4 aromatic rings. The van der Waals surface area contributed by atoms with Crippen molar-refractivity contribution in [1.82, 2.24) is 30.9 Å². The van der Waals surface area contributed by atoms with Crippen molar-refractivity contribution < 1.29 is 9.59 Å². The van der Waals surface area contributed by atoms with Crippen molar-refractivity contribution in [3.05, 3.63) is 72.4 Å². The summed E-state index contributed by atoms with van der Waals surface area (Å²) in [6, 6.07) is 18.6. The number of anilines is 2. The van der Waals surface area contributed by atoms with Crippen LogP contribution in [0.5, 0.6) is 0 Å². The number of primary amides is 1. The molecular weight excluding hydrogens is 604 g/mol. The normalized spacial score (nSPS) is 18.8. The third-order valence-electron chi connectivity index (χ3n) is 9.06. The lowest BCUT2D eigenvalue weighted by molar-refractivity contribution is -0.127. The Hall–Kier alpha value is -4.39. The Bertz CT molecular complexity index is 1570. The van der Waals surface area contributed by atoms with Crippen molar-refractivity contribution in [3.8, 4) is 22.5 Å². The van der Waals surface area contributed by atoms with Gasteiger partial charge in [0.15, 0.2) is 0 Å². The Morgan fingerprint density at radius 2 is 1.63 bits per heavy atom. The SMILES string of the molecule is Cl.NC[C@H]1CC[C@H](C(=O)N(c2ccc(-c3nn[nH]n3)cc2)[C@@H](Cc2ccc(-c3ccnc(N4CCNCC4)c3)cc2)C(N)=O)CC1. The summed E-state index contributed by atoms with van der Waals surface area (Å²) >= 11 is 0. The van der Waals surface area contributed by atoms with Gasteiger partial charge in [0.25, 0.3) is 0 Å². The van der Waals surface area contributed by atoms with E-state index in [9.17, 15) is 9.59 Å². The summed E-state index contributed by atoms with van der Waals surface area (Å²) in [5, 5.41) is 17.5. The van der Waals surface area contributed by atoms with Crippen LogP contribution in [-0.4, -0.2) is 76.2 Å². The van der Waals surface area contributed by atoms with E-state index in [1.165, 1.54) is 0 Å². The third-order valence-corrected chi connectivity index (χ3v) is 9.06. The Morgan fingerprint density at radius 1 is 0.935 bits per heavy atom. The highest BCUT2D eigenvalue weighted by atomic mass is 35.5. The topological polar surface area (TPSA) is 172 Å². The first-order chi connectivity index (χ1) is 22.0. The van der Waals surface area contributed by atoms with Gasteiger partial charge in [0.2, 0.25) is 17.6 Å². The smallest absolute Gasteiger partial charge is 0.240 e. The van der Waals surface area contributed by atoms with Crippen LogP contribution in [0.25, 0.3) is 22.5 Å². The summed E-state index contributed by atoms with van der Waals surface area (Å²) < 4.78 is 0. The van der Waals surface area contributed by atoms with E-state index in [1.54, 1.807) is 4.90 Å². The molecule has 6 rings (SSSR count). The van der Waals surface area contributed by atoms with Crippen LogP contribution in [0.1, 0.15) is 31.2 Å². The van der Waals surface area contributed by atoms with Crippen LogP contribution in [0.15, 0.2) is 66.9 Å². The van der Waals surface area contributed by atoms with E-state index < -0.39 is 11.9 Å². The molecule has 1 aliphatic heterocycles. The molecule has 1 saturated heterocycles. The fourth-order valence-corrected chi connectivity index (χ4v) is 6.40. The lowest BCUT2D eigenvalue weighted by atomic mass is 9.81. The number of carbonyl (C=O) groups excluding carboxylic acids is 2. The number of hydrogen-bond acceptors (Lipinski definition) is 9. The number of rotatable bonds is 10. The number of aromatic nitrogens is 5. The average Bonchev–Trinajstić information content (AvgIpc) is 3.64. The number of hydrogen-bond donors (Lipinski definition) is 4. The molecule has 2 aromatic carbocycles. The second-order valence-corrected chi connectivity index (χ2v) is 11.9. The number of aromatic amines is 1. The predicted octanol–water partition coefficient (Wildman–Crippen LogP) is 2.95. The number of tetrazole rings is 1. The molecule has 1 aliphatic carbocycles. The second-order valence-electron chi connectivity index (χ2n) is 11.9. The van der Waals surface area contributed by atoms with Gasteiger partial charge in [-0.15, -0.1) is 22.6 Å². The minimum absolute atomic E-state index is 0. The van der Waals surface area contributed by atoms with E-state index in [4.69, 9.17) is 11.5 Å². The van der Waals surface area contributed by atoms with E-state index >= 15 is 0 Å². The van der Waals surface area contributed by atoms with Gasteiger partial charge in [-0.25, -0.2) is 4.98 Å². The van der Waals surface area contributed by atoms with Gasteiger partial charge < -0.3 is 21.7 Å². The zero-order chi connectivity index (χ0) is 31.2. The largest absolute Gasteiger partial charge is 0.368 e. The maximum absolute atomic E-state index is 14.2. The van der Waals surface area contributed by atoms with Crippen molar-refractivity contribution in [2.45, 2.75) is 38.1 Å².